The molecule has 6 amide bonds. The highest BCUT2D eigenvalue weighted by molar-refractivity contribution is 6.76. The Labute approximate surface area is 821 Å². The third kappa shape index (κ3) is 28.5. The fraction of sp³-hybridized carbons (Fsp3) is 0.644. The molecule has 0 spiro atoms. The highest BCUT2D eigenvalue weighted by Crippen LogP contribution is 2.50. The van der Waals surface area contributed by atoms with Crippen molar-refractivity contribution in [1.82, 2.24) is 31.5 Å². The summed E-state index contributed by atoms with van der Waals surface area (Å²) in [6, 6.07) is 40.2. The molecule has 1 unspecified atom stereocenters. The van der Waals surface area contributed by atoms with Crippen LogP contribution in [-0.2, 0) is 115 Å². The lowest BCUT2D eigenvalue weighted by Gasteiger charge is -2.54. The van der Waals surface area contributed by atoms with Crippen molar-refractivity contribution in [3.63, 3.8) is 0 Å². The number of benzene rings is 5. The number of fused-ring (bicyclic) bond motifs is 1. The minimum atomic E-state index is -3.34. The first kappa shape index (κ1) is 111. The van der Waals surface area contributed by atoms with Gasteiger partial charge < -0.3 is 125 Å². The maximum absolute atomic E-state index is 15.4. The quantitative estimate of drug-likeness (QED) is 0.0151. The van der Waals surface area contributed by atoms with E-state index in [1.807, 2.05) is 140 Å². The number of alkyl carbamates (subject to hydrolysis) is 4. The van der Waals surface area contributed by atoms with Crippen LogP contribution in [0, 0.1) is 0 Å². The Morgan fingerprint density at radius 2 is 0.797 bits per heavy atom. The number of likely N-dealkylation sites (tertiary alicyclic amines) is 1. The van der Waals surface area contributed by atoms with Crippen LogP contribution in [0.5, 0.6) is 0 Å². The number of aliphatic hydroxyl groups excluding tert-OH is 1. The fourth-order valence-electron chi connectivity index (χ4n) is 15.6. The summed E-state index contributed by atoms with van der Waals surface area (Å²) in [7, 11) is -15.4. The van der Waals surface area contributed by atoms with Crippen molar-refractivity contribution >= 4 is 78.0 Å². The van der Waals surface area contributed by atoms with Gasteiger partial charge in [0.05, 0.1) is 50.6 Å². The number of hydrogen-bond acceptors (Lipinski definition) is 26. The summed E-state index contributed by atoms with van der Waals surface area (Å²) in [4.78, 5) is 90.6. The third-order valence-corrected chi connectivity index (χ3v) is 51.4. The highest BCUT2D eigenvalue weighted by Gasteiger charge is 2.64. The van der Waals surface area contributed by atoms with Gasteiger partial charge in [-0.05, 0) is 140 Å². The van der Waals surface area contributed by atoms with Crippen molar-refractivity contribution in [2.24, 2.45) is 0 Å². The second-order valence-corrected chi connectivity index (χ2v) is 69.8. The van der Waals surface area contributed by atoms with Gasteiger partial charge in [0.15, 0.2) is 72.3 Å². The number of amides is 6. The van der Waals surface area contributed by atoms with Crippen LogP contribution >= 0.6 is 0 Å². The van der Waals surface area contributed by atoms with Gasteiger partial charge in [-0.2, -0.15) is 0 Å². The molecule has 0 aromatic heterocycles. The summed E-state index contributed by atoms with van der Waals surface area (Å²) in [6.07, 6.45) is -27.3. The molecule has 5 saturated heterocycles. The first-order valence-corrected chi connectivity index (χ1v) is 62.8. The second-order valence-electron chi connectivity index (χ2n) is 45.9. The van der Waals surface area contributed by atoms with E-state index in [4.69, 9.17) is 83.7 Å². The Morgan fingerprint density at radius 1 is 0.413 bits per heavy atom. The Kier molecular flexibility index (Phi) is 35.9. The lowest BCUT2D eigenvalue weighted by molar-refractivity contribution is -0.356. The van der Waals surface area contributed by atoms with E-state index in [9.17, 15) is 19.8 Å². The Morgan fingerprint density at radius 3 is 1.25 bits per heavy atom. The van der Waals surface area contributed by atoms with Crippen molar-refractivity contribution in [1.29, 1.82) is 0 Å². The lowest BCUT2D eigenvalue weighted by Crippen LogP contribution is -2.74. The van der Waals surface area contributed by atoms with Crippen LogP contribution in [0.4, 0.5) is 24.0 Å². The standard InChI is InChI=1S/C101H156N6O26Si5/c1-95(2,3)129-94(114)107-62-101(115,63-107)89(109)103-69-54-70(104-91(111)118-57-65-46-36-30-37-47-65)77(125-87-74(105-92(112)119-58-66-48-38-31-39-49-66)81(131-136(23,24)98(10,11)12)78-72(123-87)60-116-85(126-78)68-52-42-33-43-53-68)83(76(69)108)128-88-84(133-138(27,28)100(16,17)18)79(73(124-88)61-121-134(19,20)96(4,5)6)127-86-75(106-93(113)120-59-67-50-40-32-41-51-67)82(132-137(25,26)99(13,14)15)80(130-135(21,22)97(7,8)9)71(122-86)55-102-90(110)117-56-64-44-34-29-35-45-64/h29-53,69-88,108,115H,54-63H2,1-28H3,(H,102,110)(H,103,109)(H,104,111)(H,105,112)(H,106,113)/t69-,70+,71+,72-,73-,74-,75-,76+,77-,78-,79-,80-,81-,82-,83-,84-,85?,86-,87-,88+/m1/s1. The van der Waals surface area contributed by atoms with Gasteiger partial charge in [-0.3, -0.25) is 4.79 Å². The van der Waals surface area contributed by atoms with Crippen LogP contribution in [0.2, 0.25) is 90.7 Å². The van der Waals surface area contributed by atoms with E-state index in [1.54, 1.807) is 45.0 Å². The zero-order chi connectivity index (χ0) is 101. The molecule has 7 N–H and O–H groups in total. The summed E-state index contributed by atoms with van der Waals surface area (Å²) >= 11 is 0. The molecule has 6 fully saturated rings. The molecule has 0 bridgehead atoms. The summed E-state index contributed by atoms with van der Waals surface area (Å²) in [5, 5.41) is 39.5. The molecule has 32 nitrogen and oxygen atoms in total. The molecule has 0 radical (unpaired) electrons. The first-order valence-electron chi connectivity index (χ1n) is 48.3. The minimum Gasteiger partial charge on any atom is -0.445 e. The number of nitrogens with one attached hydrogen (secondary N) is 5. The van der Waals surface area contributed by atoms with E-state index in [1.165, 1.54) is 4.90 Å². The van der Waals surface area contributed by atoms with Crippen molar-refractivity contribution in [3.05, 3.63) is 179 Å². The van der Waals surface area contributed by atoms with E-state index in [0.717, 1.165) is 5.56 Å². The van der Waals surface area contributed by atoms with Gasteiger partial charge in [0, 0.05) is 12.1 Å². The van der Waals surface area contributed by atoms with Gasteiger partial charge in [-0.15, -0.1) is 0 Å². The van der Waals surface area contributed by atoms with E-state index in [-0.39, 0.29) is 46.2 Å². The van der Waals surface area contributed by atoms with Gasteiger partial charge >= 0.3 is 30.5 Å². The van der Waals surface area contributed by atoms with Crippen LogP contribution in [0.25, 0.3) is 0 Å². The zero-order valence-corrected chi connectivity index (χ0v) is 91.2. The van der Waals surface area contributed by atoms with Crippen molar-refractivity contribution in [2.45, 2.75) is 382 Å². The maximum atomic E-state index is 15.4. The average molecular weight is 2010 g/mol. The molecule has 1 aliphatic carbocycles. The molecular weight excluding hydrogens is 1850 g/mol. The molecule has 766 valence electrons. The van der Waals surface area contributed by atoms with Crippen molar-refractivity contribution in [3.8, 4) is 0 Å². The van der Waals surface area contributed by atoms with Crippen molar-refractivity contribution in [2.75, 3.05) is 32.8 Å². The molecule has 20 atom stereocenters. The molecule has 11 rings (SSSR count). The number of β-amino-alcohol motifs (C(OH)–C–C–N with tert-alkyl or cyclic N) is 1. The molecule has 5 heterocycles. The number of rotatable bonds is 33. The number of hydrogen-bond donors (Lipinski definition) is 7. The molecule has 138 heavy (non-hydrogen) atoms. The summed E-state index contributed by atoms with van der Waals surface area (Å²) in [6.45, 7) is 54.9. The van der Waals surface area contributed by atoms with E-state index in [2.05, 4.69) is 183 Å². The Balaban J connectivity index is 1.12. The van der Waals surface area contributed by atoms with E-state index >= 15 is 19.2 Å². The Bertz CT molecular complexity index is 4800. The number of carbonyl (C=O) groups is 6. The number of nitrogens with zero attached hydrogens (tertiary/aromatic N) is 1. The molecule has 37 heteroatoms. The van der Waals surface area contributed by atoms with Gasteiger partial charge in [0.1, 0.15) is 105 Å². The normalized spacial score (nSPS) is 27.4. The average Bonchev–Trinajstić information content (AvgIpc) is 1.26. The topological polar surface area (TPSA) is 372 Å². The molecule has 5 aromatic carbocycles. The third-order valence-electron chi connectivity index (χ3n) is 29.0. The van der Waals surface area contributed by atoms with Crippen LogP contribution in [0.1, 0.15) is 165 Å². The summed E-state index contributed by atoms with van der Waals surface area (Å²) in [5.74, 6) is -1.01. The number of carbonyl (C=O) groups excluding carboxylic acids is 6. The molecule has 5 aromatic rings. The van der Waals surface area contributed by atoms with Crippen LogP contribution in [0.15, 0.2) is 152 Å². The van der Waals surface area contributed by atoms with Gasteiger partial charge in [-0.25, -0.2) is 24.0 Å². The van der Waals surface area contributed by atoms with Crippen LogP contribution < -0.4 is 26.6 Å². The monoisotopic (exact) mass is 2010 g/mol. The minimum absolute atomic E-state index is 0.0639. The molecular formula is C101H156N6O26Si5. The summed E-state index contributed by atoms with van der Waals surface area (Å²) in [5.41, 5.74) is 0.220. The van der Waals surface area contributed by atoms with E-state index < -0.39 is 256 Å². The second kappa shape index (κ2) is 44.7. The molecule has 5 aliphatic heterocycles. The molecule has 1 saturated carbocycles. The van der Waals surface area contributed by atoms with Gasteiger partial charge in [-0.1, -0.05) is 256 Å². The van der Waals surface area contributed by atoms with Gasteiger partial charge in [0.25, 0.3) is 5.91 Å². The highest BCUT2D eigenvalue weighted by atomic mass is 28.4. The predicted octanol–water partition coefficient (Wildman–Crippen LogP) is 17.1. The number of ether oxygens (including phenoxy) is 13. The lowest BCUT2D eigenvalue weighted by atomic mass is 9.82. The predicted molar refractivity (Wildman–Crippen MR) is 533 cm³/mol. The zero-order valence-electron chi connectivity index (χ0n) is 86.2. The smallest absolute Gasteiger partial charge is 0.410 e. The molecule has 6 aliphatic rings. The summed E-state index contributed by atoms with van der Waals surface area (Å²) < 4.78 is 128. The maximum Gasteiger partial charge on any atom is 0.410 e. The van der Waals surface area contributed by atoms with Crippen LogP contribution in [-0.4, -0.2) is 253 Å². The van der Waals surface area contributed by atoms with Gasteiger partial charge in [0.2, 0.25) is 0 Å². The largest absolute Gasteiger partial charge is 0.445 e. The number of aliphatic hydroxyl groups is 2. The van der Waals surface area contributed by atoms with E-state index in [0.29, 0.717) is 22.3 Å². The SMILES string of the molecule is CC(C)(C)OC(=O)N1CC(O)(C(=O)N[C@@H]2C[C@H](NC(=O)OCc3ccccc3)[C@@H](O[C@H]3O[C@@H]4COC(c5ccccc5)O[C@H]4[C@H](O[Si](C)(C)C(C)(C)C)[C@H]3NC(=O)OCc3ccccc3)[C@H](O[C@@H]3O[C@H](CO[Si](C)(C)C(C)(C)C)[C@@H](O[C@H]4O[C@@H](CNC(=O)OCc5ccccc5)[C@@H](O[Si](C)(C)C(C)(C)C)[C@H](O[Si](C)(C)C(C)(C)C)[C@H]4NC(=O)OCc4ccccc4)[C@H]3O[Si](C)(C)C(C)(C)C)[C@H]2O)C1. The first-order chi connectivity index (χ1) is 64.1. The fourth-order valence-corrected chi connectivity index (χ4v) is 21.9. The van der Waals surface area contributed by atoms with Crippen LogP contribution in [0.3, 0.4) is 0 Å². The van der Waals surface area contributed by atoms with Crippen molar-refractivity contribution < 1.29 is 123 Å². The Hall–Kier alpha value is -7.60.